The number of ether oxygens (including phenoxy) is 1. The van der Waals surface area contributed by atoms with Crippen LogP contribution in [0.1, 0.15) is 0 Å². The largest absolute Gasteiger partial charge is 0.490 e. The van der Waals surface area contributed by atoms with Gasteiger partial charge in [0, 0.05) is 12.7 Å². The highest BCUT2D eigenvalue weighted by atomic mass is 19.1. The number of hydrogen-bond donors (Lipinski definition) is 2. The molecule has 0 fully saturated rings. The van der Waals surface area contributed by atoms with E-state index in [1.54, 1.807) is 19.2 Å². The molecule has 5 nitrogen and oxygen atoms in total. The van der Waals surface area contributed by atoms with Crippen LogP contribution in [0, 0.1) is 5.82 Å². The number of nitrogens with one attached hydrogen (secondary N) is 2. The molecule has 0 unspecified atom stereocenters. The Morgan fingerprint density at radius 3 is 2.39 bits per heavy atom. The molecular formula is C12H13FN4O. The van der Waals surface area contributed by atoms with Gasteiger partial charge in [-0.3, -0.25) is 0 Å². The van der Waals surface area contributed by atoms with Crippen LogP contribution in [0.2, 0.25) is 0 Å². The number of nitrogens with zero attached hydrogens (tertiary/aromatic N) is 2. The maximum atomic E-state index is 12.8. The second kappa shape index (κ2) is 5.31. The topological polar surface area (TPSA) is 59.1 Å². The fourth-order valence-electron chi connectivity index (χ4n) is 1.50. The summed E-state index contributed by atoms with van der Waals surface area (Å²) in [6, 6.07) is 5.98. The van der Waals surface area contributed by atoms with Gasteiger partial charge in [0.15, 0.2) is 11.6 Å². The average Bonchev–Trinajstić information content (AvgIpc) is 2.41. The molecule has 2 aromatic rings. The lowest BCUT2D eigenvalue weighted by molar-refractivity contribution is 0.415. The third-order valence-corrected chi connectivity index (χ3v) is 2.35. The fraction of sp³-hybridized carbons (Fsp3) is 0.167. The molecule has 0 aliphatic rings. The molecule has 0 radical (unpaired) electrons. The molecule has 94 valence electrons. The number of anilines is 3. The lowest BCUT2D eigenvalue weighted by atomic mass is 10.3. The SMILES string of the molecule is CNc1ncnc(Nc2ccc(F)cc2)c1OC. The first kappa shape index (κ1) is 12.1. The van der Waals surface area contributed by atoms with Crippen LogP contribution in [-0.4, -0.2) is 24.1 Å². The predicted molar refractivity (Wildman–Crippen MR) is 67.8 cm³/mol. The van der Waals surface area contributed by atoms with Gasteiger partial charge in [0.05, 0.1) is 7.11 Å². The van der Waals surface area contributed by atoms with Gasteiger partial charge in [-0.25, -0.2) is 14.4 Å². The Labute approximate surface area is 104 Å². The zero-order valence-corrected chi connectivity index (χ0v) is 10.1. The van der Waals surface area contributed by atoms with Gasteiger partial charge in [-0.2, -0.15) is 0 Å². The van der Waals surface area contributed by atoms with E-state index in [2.05, 4.69) is 20.6 Å². The minimum absolute atomic E-state index is 0.286. The van der Waals surface area contributed by atoms with Gasteiger partial charge in [-0.05, 0) is 24.3 Å². The summed E-state index contributed by atoms with van der Waals surface area (Å²) in [7, 11) is 3.28. The van der Waals surface area contributed by atoms with Crippen molar-refractivity contribution in [2.24, 2.45) is 0 Å². The second-order valence-electron chi connectivity index (χ2n) is 3.49. The van der Waals surface area contributed by atoms with Crippen LogP contribution >= 0.6 is 0 Å². The molecule has 0 aliphatic heterocycles. The Balaban J connectivity index is 2.31. The Kier molecular flexibility index (Phi) is 3.57. The molecule has 0 saturated heterocycles. The van der Waals surface area contributed by atoms with E-state index in [1.807, 2.05) is 0 Å². The van der Waals surface area contributed by atoms with Crippen molar-refractivity contribution >= 4 is 17.3 Å². The first-order valence-corrected chi connectivity index (χ1v) is 5.34. The second-order valence-corrected chi connectivity index (χ2v) is 3.49. The van der Waals surface area contributed by atoms with Gasteiger partial charge >= 0.3 is 0 Å². The van der Waals surface area contributed by atoms with Gasteiger partial charge < -0.3 is 15.4 Å². The lowest BCUT2D eigenvalue weighted by Gasteiger charge is -2.12. The smallest absolute Gasteiger partial charge is 0.204 e. The van der Waals surface area contributed by atoms with Crippen molar-refractivity contribution in [1.29, 1.82) is 0 Å². The van der Waals surface area contributed by atoms with Gasteiger partial charge in [0.1, 0.15) is 12.1 Å². The number of methoxy groups -OCH3 is 1. The molecule has 0 spiro atoms. The molecule has 0 saturated carbocycles. The van der Waals surface area contributed by atoms with Crippen LogP contribution in [0.4, 0.5) is 21.7 Å². The molecule has 6 heteroatoms. The van der Waals surface area contributed by atoms with Gasteiger partial charge in [-0.1, -0.05) is 0 Å². The highest BCUT2D eigenvalue weighted by Crippen LogP contribution is 2.30. The van der Waals surface area contributed by atoms with Gasteiger partial charge in [0.2, 0.25) is 5.75 Å². The minimum atomic E-state index is -0.286. The van der Waals surface area contributed by atoms with Crippen LogP contribution in [0.3, 0.4) is 0 Å². The first-order valence-electron chi connectivity index (χ1n) is 5.34. The molecular weight excluding hydrogens is 235 g/mol. The predicted octanol–water partition coefficient (Wildman–Crippen LogP) is 2.41. The number of aromatic nitrogens is 2. The van der Waals surface area contributed by atoms with Crippen LogP contribution in [0.5, 0.6) is 5.75 Å². The van der Waals surface area contributed by atoms with E-state index < -0.39 is 0 Å². The van der Waals surface area contributed by atoms with Gasteiger partial charge in [0.25, 0.3) is 0 Å². The molecule has 2 rings (SSSR count). The number of hydrogen-bond acceptors (Lipinski definition) is 5. The van der Waals surface area contributed by atoms with Crippen molar-refractivity contribution in [3.8, 4) is 5.75 Å². The third kappa shape index (κ3) is 2.48. The summed E-state index contributed by atoms with van der Waals surface area (Å²) in [6.07, 6.45) is 1.42. The summed E-state index contributed by atoms with van der Waals surface area (Å²) >= 11 is 0. The average molecular weight is 248 g/mol. The summed E-state index contributed by atoms with van der Waals surface area (Å²) in [5.41, 5.74) is 0.718. The highest BCUT2D eigenvalue weighted by molar-refractivity contribution is 5.68. The van der Waals surface area contributed by atoms with Crippen molar-refractivity contribution < 1.29 is 9.13 Å². The molecule has 2 N–H and O–H groups in total. The molecule has 1 aromatic carbocycles. The van der Waals surface area contributed by atoms with E-state index in [-0.39, 0.29) is 5.82 Å². The summed E-state index contributed by atoms with van der Waals surface area (Å²) in [5, 5.41) is 5.95. The standard InChI is InChI=1S/C12H13FN4O/c1-14-11-10(18-2)12(16-7-15-11)17-9-5-3-8(13)4-6-9/h3-7H,1-2H3,(H2,14,15,16,17). The van der Waals surface area contributed by atoms with Crippen molar-refractivity contribution in [1.82, 2.24) is 9.97 Å². The zero-order chi connectivity index (χ0) is 13.0. The lowest BCUT2D eigenvalue weighted by Crippen LogP contribution is -2.03. The summed E-state index contributed by atoms with van der Waals surface area (Å²) in [6.45, 7) is 0. The fourth-order valence-corrected chi connectivity index (χ4v) is 1.50. The van der Waals surface area contributed by atoms with E-state index in [9.17, 15) is 4.39 Å². The highest BCUT2D eigenvalue weighted by Gasteiger charge is 2.10. The van der Waals surface area contributed by atoms with Crippen molar-refractivity contribution in [2.45, 2.75) is 0 Å². The Hall–Kier alpha value is -2.37. The Bertz CT molecular complexity index is 530. The van der Waals surface area contributed by atoms with E-state index in [0.29, 0.717) is 17.4 Å². The van der Waals surface area contributed by atoms with E-state index in [1.165, 1.54) is 25.6 Å². The van der Waals surface area contributed by atoms with Gasteiger partial charge in [-0.15, -0.1) is 0 Å². The molecule has 18 heavy (non-hydrogen) atoms. The Morgan fingerprint density at radius 1 is 1.11 bits per heavy atom. The molecule has 0 aliphatic carbocycles. The maximum absolute atomic E-state index is 12.8. The molecule has 1 aromatic heterocycles. The van der Waals surface area contributed by atoms with Crippen LogP contribution in [0.15, 0.2) is 30.6 Å². The number of halogens is 1. The summed E-state index contributed by atoms with van der Waals surface area (Å²) < 4.78 is 18.0. The monoisotopic (exact) mass is 248 g/mol. The first-order chi connectivity index (χ1) is 8.74. The summed E-state index contributed by atoms with van der Waals surface area (Å²) in [5.74, 6) is 1.32. The quantitative estimate of drug-likeness (QED) is 0.870. The van der Waals surface area contributed by atoms with Crippen LogP contribution in [-0.2, 0) is 0 Å². The summed E-state index contributed by atoms with van der Waals surface area (Å²) in [4.78, 5) is 8.13. The number of benzene rings is 1. The molecule has 0 bridgehead atoms. The molecule has 1 heterocycles. The third-order valence-electron chi connectivity index (χ3n) is 2.35. The van der Waals surface area contributed by atoms with Crippen molar-refractivity contribution in [2.75, 3.05) is 24.8 Å². The van der Waals surface area contributed by atoms with E-state index in [4.69, 9.17) is 4.74 Å². The number of rotatable bonds is 4. The molecule has 0 atom stereocenters. The van der Waals surface area contributed by atoms with Crippen LogP contribution in [0.25, 0.3) is 0 Å². The van der Waals surface area contributed by atoms with E-state index >= 15 is 0 Å². The van der Waals surface area contributed by atoms with Crippen molar-refractivity contribution in [3.63, 3.8) is 0 Å². The van der Waals surface area contributed by atoms with Crippen molar-refractivity contribution in [3.05, 3.63) is 36.4 Å². The van der Waals surface area contributed by atoms with Crippen LogP contribution < -0.4 is 15.4 Å². The minimum Gasteiger partial charge on any atom is -0.490 e. The zero-order valence-electron chi connectivity index (χ0n) is 10.1. The molecule has 0 amide bonds. The van der Waals surface area contributed by atoms with E-state index in [0.717, 1.165) is 5.69 Å². The maximum Gasteiger partial charge on any atom is 0.204 e. The Morgan fingerprint density at radius 2 is 1.78 bits per heavy atom. The normalized spacial score (nSPS) is 9.94.